The van der Waals surface area contributed by atoms with Crippen molar-refractivity contribution in [1.29, 1.82) is 0 Å². The normalized spacial score (nSPS) is 15.3. The highest BCUT2D eigenvalue weighted by atomic mass is 32.2. The summed E-state index contributed by atoms with van der Waals surface area (Å²) in [5, 5.41) is 2.92. The molecule has 1 aliphatic heterocycles. The largest absolute Gasteiger partial charge is 0.372 e. The van der Waals surface area contributed by atoms with E-state index in [-0.39, 0.29) is 5.91 Å². The quantitative estimate of drug-likeness (QED) is 0.909. The van der Waals surface area contributed by atoms with Crippen LogP contribution < -0.4 is 10.2 Å². The lowest BCUT2D eigenvalue weighted by Crippen LogP contribution is -2.23. The van der Waals surface area contributed by atoms with E-state index < -0.39 is 10.8 Å². The third-order valence-corrected chi connectivity index (χ3v) is 5.25. The summed E-state index contributed by atoms with van der Waals surface area (Å²) in [5.41, 5.74) is 2.92. The molecule has 2 aromatic carbocycles. The third kappa shape index (κ3) is 4.03. The Bertz CT molecular complexity index is 720. The molecule has 126 valence electrons. The highest BCUT2D eigenvalue weighted by molar-refractivity contribution is 7.84. The summed E-state index contributed by atoms with van der Waals surface area (Å²) in [7, 11) is -1.02. The monoisotopic (exact) mass is 342 g/mol. The van der Waals surface area contributed by atoms with Gasteiger partial charge in [0.2, 0.25) is 0 Å². The van der Waals surface area contributed by atoms with Crippen molar-refractivity contribution >= 4 is 22.4 Å². The van der Waals surface area contributed by atoms with Gasteiger partial charge in [-0.05, 0) is 54.8 Å². The van der Waals surface area contributed by atoms with Crippen molar-refractivity contribution in [3.63, 3.8) is 0 Å². The van der Waals surface area contributed by atoms with Gasteiger partial charge in [0.25, 0.3) is 5.91 Å². The molecule has 0 saturated carbocycles. The van der Waals surface area contributed by atoms with Gasteiger partial charge in [0, 0.05) is 52.8 Å². The highest BCUT2D eigenvalue weighted by Crippen LogP contribution is 2.20. The molecule has 0 unspecified atom stereocenters. The van der Waals surface area contributed by atoms with E-state index in [0.29, 0.717) is 12.1 Å². The molecule has 1 amide bonds. The number of rotatable bonds is 5. The molecule has 1 atom stereocenters. The zero-order valence-corrected chi connectivity index (χ0v) is 14.6. The van der Waals surface area contributed by atoms with Crippen molar-refractivity contribution in [1.82, 2.24) is 5.32 Å². The van der Waals surface area contributed by atoms with Crippen LogP contribution in [-0.2, 0) is 17.3 Å². The van der Waals surface area contributed by atoms with E-state index in [0.717, 1.165) is 23.5 Å². The van der Waals surface area contributed by atoms with Crippen LogP contribution in [0.15, 0.2) is 53.4 Å². The maximum absolute atomic E-state index is 12.2. The first-order chi connectivity index (χ1) is 11.6. The molecule has 1 fully saturated rings. The lowest BCUT2D eigenvalue weighted by Gasteiger charge is -2.17. The van der Waals surface area contributed by atoms with Gasteiger partial charge in [-0.15, -0.1) is 0 Å². The number of hydrogen-bond acceptors (Lipinski definition) is 3. The van der Waals surface area contributed by atoms with Crippen molar-refractivity contribution in [2.24, 2.45) is 0 Å². The van der Waals surface area contributed by atoms with Crippen molar-refractivity contribution in [3.8, 4) is 0 Å². The first-order valence-electron chi connectivity index (χ1n) is 8.19. The maximum Gasteiger partial charge on any atom is 0.251 e. The summed E-state index contributed by atoms with van der Waals surface area (Å²) in [4.78, 5) is 15.3. The standard InChI is InChI=1S/C19H22N2O2S/c1-24(23)18-10-6-16(7-11-18)19(22)20-14-15-4-8-17(9-5-15)21-12-2-3-13-21/h4-11H,2-3,12-14H2,1H3,(H,20,22)/t24-/m0/s1. The SMILES string of the molecule is C[S@](=O)c1ccc(C(=O)NCc2ccc(N3CCCC3)cc2)cc1. The number of carbonyl (C=O) groups is 1. The molecular formula is C19H22N2O2S. The Morgan fingerprint density at radius 3 is 2.25 bits per heavy atom. The second-order valence-electron chi connectivity index (χ2n) is 6.02. The van der Waals surface area contributed by atoms with Gasteiger partial charge in [0.1, 0.15) is 0 Å². The summed E-state index contributed by atoms with van der Waals surface area (Å²) in [6, 6.07) is 15.3. The second-order valence-corrected chi connectivity index (χ2v) is 7.40. The predicted octanol–water partition coefficient (Wildman–Crippen LogP) is 2.95. The Kier molecular flexibility index (Phi) is 5.30. The Morgan fingerprint density at radius 2 is 1.67 bits per heavy atom. The van der Waals surface area contributed by atoms with Crippen LogP contribution in [0.5, 0.6) is 0 Å². The number of nitrogens with one attached hydrogen (secondary N) is 1. The number of hydrogen-bond donors (Lipinski definition) is 1. The van der Waals surface area contributed by atoms with Crippen LogP contribution in [0.4, 0.5) is 5.69 Å². The van der Waals surface area contributed by atoms with E-state index in [2.05, 4.69) is 34.5 Å². The van der Waals surface area contributed by atoms with Gasteiger partial charge in [-0.3, -0.25) is 9.00 Å². The average Bonchev–Trinajstić information content (AvgIpc) is 3.15. The van der Waals surface area contributed by atoms with Gasteiger partial charge < -0.3 is 10.2 Å². The molecule has 2 aromatic rings. The van der Waals surface area contributed by atoms with Gasteiger partial charge in [-0.2, -0.15) is 0 Å². The molecule has 1 saturated heterocycles. The number of nitrogens with zero attached hydrogens (tertiary/aromatic N) is 1. The van der Waals surface area contributed by atoms with Gasteiger partial charge in [-0.25, -0.2) is 0 Å². The number of amides is 1. The zero-order chi connectivity index (χ0) is 16.9. The molecule has 0 bridgehead atoms. The minimum Gasteiger partial charge on any atom is -0.372 e. The van der Waals surface area contributed by atoms with Gasteiger partial charge >= 0.3 is 0 Å². The van der Waals surface area contributed by atoms with Crippen molar-refractivity contribution < 1.29 is 9.00 Å². The molecule has 4 nitrogen and oxygen atoms in total. The van der Waals surface area contributed by atoms with E-state index in [9.17, 15) is 9.00 Å². The first-order valence-corrected chi connectivity index (χ1v) is 9.75. The van der Waals surface area contributed by atoms with Gasteiger partial charge in [-0.1, -0.05) is 12.1 Å². The molecular weight excluding hydrogens is 320 g/mol. The van der Waals surface area contributed by atoms with E-state index >= 15 is 0 Å². The fraction of sp³-hybridized carbons (Fsp3) is 0.316. The molecule has 5 heteroatoms. The second kappa shape index (κ2) is 7.62. The molecule has 3 rings (SSSR count). The summed E-state index contributed by atoms with van der Waals surface area (Å²) < 4.78 is 11.4. The lowest BCUT2D eigenvalue weighted by atomic mass is 10.1. The average molecular weight is 342 g/mol. The summed E-state index contributed by atoms with van der Waals surface area (Å²) in [5.74, 6) is -0.118. The molecule has 0 aromatic heterocycles. The van der Waals surface area contributed by atoms with Crippen LogP contribution >= 0.6 is 0 Å². The Balaban J connectivity index is 1.56. The number of benzene rings is 2. The van der Waals surface area contributed by atoms with Crippen molar-refractivity contribution in [3.05, 3.63) is 59.7 Å². The predicted molar refractivity (Wildman–Crippen MR) is 97.8 cm³/mol. The lowest BCUT2D eigenvalue weighted by molar-refractivity contribution is 0.0951. The van der Waals surface area contributed by atoms with Crippen molar-refractivity contribution in [2.75, 3.05) is 24.2 Å². The molecule has 0 spiro atoms. The third-order valence-electron chi connectivity index (χ3n) is 4.31. The zero-order valence-electron chi connectivity index (χ0n) is 13.8. The Labute approximate surface area is 145 Å². The Hall–Kier alpha value is -2.14. The highest BCUT2D eigenvalue weighted by Gasteiger charge is 2.12. The van der Waals surface area contributed by atoms with E-state index in [4.69, 9.17) is 0 Å². The van der Waals surface area contributed by atoms with Gasteiger partial charge in [0.05, 0.1) is 0 Å². The Morgan fingerprint density at radius 1 is 1.04 bits per heavy atom. The molecule has 0 aliphatic carbocycles. The van der Waals surface area contributed by atoms with Crippen LogP contribution in [0, 0.1) is 0 Å². The van der Waals surface area contributed by atoms with Gasteiger partial charge in [0.15, 0.2) is 0 Å². The van der Waals surface area contributed by atoms with Crippen LogP contribution in [0.25, 0.3) is 0 Å². The maximum atomic E-state index is 12.2. The minimum atomic E-state index is -1.02. The topological polar surface area (TPSA) is 49.4 Å². The van der Waals surface area contributed by atoms with Crippen LogP contribution in [-0.4, -0.2) is 29.5 Å². The minimum absolute atomic E-state index is 0.118. The molecule has 1 N–H and O–H groups in total. The molecule has 1 aliphatic rings. The van der Waals surface area contributed by atoms with E-state index in [1.54, 1.807) is 30.5 Å². The molecule has 1 heterocycles. The van der Waals surface area contributed by atoms with Crippen LogP contribution in [0.1, 0.15) is 28.8 Å². The van der Waals surface area contributed by atoms with E-state index in [1.807, 2.05) is 0 Å². The molecule has 24 heavy (non-hydrogen) atoms. The number of carbonyl (C=O) groups excluding carboxylic acids is 1. The van der Waals surface area contributed by atoms with E-state index in [1.165, 1.54) is 18.5 Å². The summed E-state index contributed by atoms with van der Waals surface area (Å²) in [6.07, 6.45) is 4.16. The summed E-state index contributed by atoms with van der Waals surface area (Å²) in [6.45, 7) is 2.77. The summed E-state index contributed by atoms with van der Waals surface area (Å²) >= 11 is 0. The first kappa shape index (κ1) is 16.7. The number of anilines is 1. The molecule has 0 radical (unpaired) electrons. The van der Waals surface area contributed by atoms with Crippen LogP contribution in [0.2, 0.25) is 0 Å². The smallest absolute Gasteiger partial charge is 0.251 e. The van der Waals surface area contributed by atoms with Crippen LogP contribution in [0.3, 0.4) is 0 Å². The van der Waals surface area contributed by atoms with Crippen molar-refractivity contribution in [2.45, 2.75) is 24.3 Å². The fourth-order valence-corrected chi connectivity index (χ4v) is 3.40. The fourth-order valence-electron chi connectivity index (χ4n) is 2.88.